The molecule has 1 saturated carbocycles. The number of carbonyl (C=O) groups excluding carboxylic acids is 2. The fourth-order valence-corrected chi connectivity index (χ4v) is 3.37. The molecule has 1 N–H and O–H groups in total. The highest BCUT2D eigenvalue weighted by Crippen LogP contribution is 2.42. The molecule has 2 fully saturated rings. The highest BCUT2D eigenvalue weighted by Gasteiger charge is 2.35. The number of furan rings is 1. The predicted octanol–water partition coefficient (Wildman–Crippen LogP) is 3.04. The summed E-state index contributed by atoms with van der Waals surface area (Å²) < 4.78 is 5.52. The van der Waals surface area contributed by atoms with Crippen LogP contribution in [0.15, 0.2) is 41.1 Å². The molecule has 0 aromatic carbocycles. The first kappa shape index (κ1) is 15.9. The van der Waals surface area contributed by atoms with Crippen LogP contribution in [0.2, 0.25) is 0 Å². The highest BCUT2D eigenvalue weighted by molar-refractivity contribution is 5.97. The first-order chi connectivity index (χ1) is 12.2. The third-order valence-corrected chi connectivity index (χ3v) is 4.87. The lowest BCUT2D eigenvalue weighted by Crippen LogP contribution is -2.44. The molecule has 25 heavy (non-hydrogen) atoms. The Morgan fingerprint density at radius 1 is 1.20 bits per heavy atom. The number of anilines is 1. The van der Waals surface area contributed by atoms with Crippen molar-refractivity contribution in [1.82, 2.24) is 9.88 Å². The maximum Gasteiger partial charge on any atom is 0.257 e. The zero-order valence-electron chi connectivity index (χ0n) is 14.0. The second kappa shape index (κ2) is 6.70. The van der Waals surface area contributed by atoms with E-state index < -0.39 is 0 Å². The molecular weight excluding hydrogens is 318 g/mol. The van der Waals surface area contributed by atoms with E-state index in [1.807, 2.05) is 6.07 Å². The van der Waals surface area contributed by atoms with Gasteiger partial charge in [0, 0.05) is 25.2 Å². The number of piperidine rings is 1. The lowest BCUT2D eigenvalue weighted by molar-refractivity contribution is -0.121. The first-order valence-electron chi connectivity index (χ1n) is 8.81. The van der Waals surface area contributed by atoms with Crippen molar-refractivity contribution in [2.45, 2.75) is 31.6 Å². The van der Waals surface area contributed by atoms with Gasteiger partial charge in [-0.25, -0.2) is 4.98 Å². The number of pyridine rings is 1. The van der Waals surface area contributed by atoms with Crippen molar-refractivity contribution in [2.24, 2.45) is 5.92 Å². The molecule has 4 rings (SSSR count). The van der Waals surface area contributed by atoms with Crippen molar-refractivity contribution in [1.29, 1.82) is 0 Å². The molecule has 6 heteroatoms. The van der Waals surface area contributed by atoms with Crippen LogP contribution in [0, 0.1) is 5.92 Å². The van der Waals surface area contributed by atoms with Crippen molar-refractivity contribution in [3.63, 3.8) is 0 Å². The molecule has 1 saturated heterocycles. The summed E-state index contributed by atoms with van der Waals surface area (Å²) >= 11 is 0. The molecule has 2 amide bonds. The number of hydrogen-bond donors (Lipinski definition) is 1. The molecule has 130 valence electrons. The topological polar surface area (TPSA) is 75.4 Å². The van der Waals surface area contributed by atoms with E-state index in [1.54, 1.807) is 35.6 Å². The van der Waals surface area contributed by atoms with E-state index in [-0.39, 0.29) is 17.7 Å². The van der Waals surface area contributed by atoms with Gasteiger partial charge in [-0.05, 0) is 43.9 Å². The lowest BCUT2D eigenvalue weighted by Gasteiger charge is -2.32. The summed E-state index contributed by atoms with van der Waals surface area (Å²) in [7, 11) is 0. The molecule has 0 bridgehead atoms. The summed E-state index contributed by atoms with van der Waals surface area (Å²) in [6, 6.07) is 7.15. The number of nitrogens with one attached hydrogen (secondary N) is 1. The maximum atomic E-state index is 12.9. The van der Waals surface area contributed by atoms with E-state index in [9.17, 15) is 9.59 Å². The Bertz CT molecular complexity index is 767. The molecule has 1 aliphatic heterocycles. The van der Waals surface area contributed by atoms with E-state index in [0.717, 1.165) is 31.4 Å². The van der Waals surface area contributed by atoms with E-state index >= 15 is 0 Å². The summed E-state index contributed by atoms with van der Waals surface area (Å²) in [5.41, 5.74) is 0.660. The van der Waals surface area contributed by atoms with Gasteiger partial charge in [0.05, 0.1) is 17.7 Å². The average Bonchev–Trinajstić information content (AvgIpc) is 3.38. The van der Waals surface area contributed by atoms with Crippen LogP contribution in [0.4, 0.5) is 5.82 Å². The Kier molecular flexibility index (Phi) is 4.26. The van der Waals surface area contributed by atoms with Crippen LogP contribution in [0.5, 0.6) is 0 Å². The molecule has 2 aromatic heterocycles. The predicted molar refractivity (Wildman–Crippen MR) is 92.2 cm³/mol. The SMILES string of the molecule is O=C(Nc1ccccn1)C1CCCN(C(=O)c2ccoc2C2CC2)C1. The Labute approximate surface area is 146 Å². The van der Waals surface area contributed by atoms with Crippen molar-refractivity contribution in [3.8, 4) is 0 Å². The van der Waals surface area contributed by atoms with Gasteiger partial charge in [-0.2, -0.15) is 0 Å². The zero-order valence-corrected chi connectivity index (χ0v) is 14.0. The minimum absolute atomic E-state index is 0.0222. The van der Waals surface area contributed by atoms with Crippen molar-refractivity contribution in [2.75, 3.05) is 18.4 Å². The van der Waals surface area contributed by atoms with Crippen LogP contribution >= 0.6 is 0 Å². The molecule has 2 aliphatic rings. The second-order valence-corrected chi connectivity index (χ2v) is 6.77. The summed E-state index contributed by atoms with van der Waals surface area (Å²) in [5.74, 6) is 1.43. The fraction of sp³-hybridized carbons (Fsp3) is 0.421. The molecule has 1 atom stereocenters. The number of carbonyl (C=O) groups is 2. The van der Waals surface area contributed by atoms with Gasteiger partial charge in [0.2, 0.25) is 5.91 Å². The Hall–Kier alpha value is -2.63. The smallest absolute Gasteiger partial charge is 0.257 e. The average molecular weight is 339 g/mol. The summed E-state index contributed by atoms with van der Waals surface area (Å²) in [6.45, 7) is 1.12. The van der Waals surface area contributed by atoms with Crippen LogP contribution in [0.3, 0.4) is 0 Å². The van der Waals surface area contributed by atoms with E-state index in [1.165, 1.54) is 0 Å². The number of hydrogen-bond acceptors (Lipinski definition) is 4. The molecule has 1 aliphatic carbocycles. The third kappa shape index (κ3) is 3.43. The van der Waals surface area contributed by atoms with Gasteiger partial charge in [0.15, 0.2) is 0 Å². The minimum atomic E-state index is -0.212. The molecule has 1 unspecified atom stereocenters. The molecule has 0 spiro atoms. The number of rotatable bonds is 4. The van der Waals surface area contributed by atoms with Crippen LogP contribution < -0.4 is 5.32 Å². The van der Waals surface area contributed by atoms with Crippen LogP contribution in [0.25, 0.3) is 0 Å². The van der Waals surface area contributed by atoms with Crippen molar-refractivity contribution < 1.29 is 14.0 Å². The van der Waals surface area contributed by atoms with Gasteiger partial charge in [0.25, 0.3) is 5.91 Å². The highest BCUT2D eigenvalue weighted by atomic mass is 16.3. The monoisotopic (exact) mass is 339 g/mol. The summed E-state index contributed by atoms with van der Waals surface area (Å²) in [6.07, 6.45) is 7.01. The van der Waals surface area contributed by atoms with Crippen molar-refractivity contribution in [3.05, 3.63) is 48.0 Å². The standard InChI is InChI=1S/C19H21N3O3/c23-18(21-16-5-1-2-9-20-16)14-4-3-10-22(12-14)19(24)15-8-11-25-17(15)13-6-7-13/h1-2,5,8-9,11,13-14H,3-4,6-7,10,12H2,(H,20,21,23). The first-order valence-corrected chi connectivity index (χ1v) is 8.81. The van der Waals surface area contributed by atoms with Gasteiger partial charge in [-0.3, -0.25) is 9.59 Å². The van der Waals surface area contributed by atoms with Crippen LogP contribution in [-0.2, 0) is 4.79 Å². The van der Waals surface area contributed by atoms with Gasteiger partial charge < -0.3 is 14.6 Å². The second-order valence-electron chi connectivity index (χ2n) is 6.77. The Morgan fingerprint density at radius 3 is 2.84 bits per heavy atom. The number of amides is 2. The van der Waals surface area contributed by atoms with Gasteiger partial charge in [-0.1, -0.05) is 6.07 Å². The fourth-order valence-electron chi connectivity index (χ4n) is 3.37. The van der Waals surface area contributed by atoms with Gasteiger partial charge >= 0.3 is 0 Å². The summed E-state index contributed by atoms with van der Waals surface area (Å²) in [5, 5.41) is 2.84. The summed E-state index contributed by atoms with van der Waals surface area (Å²) in [4.78, 5) is 31.3. The largest absolute Gasteiger partial charge is 0.468 e. The zero-order chi connectivity index (χ0) is 17.2. The van der Waals surface area contributed by atoms with E-state index in [4.69, 9.17) is 4.42 Å². The molecular formula is C19H21N3O3. The molecule has 2 aromatic rings. The normalized spacial score (nSPS) is 20.3. The van der Waals surface area contributed by atoms with Gasteiger partial charge in [0.1, 0.15) is 11.6 Å². The number of nitrogens with zero attached hydrogens (tertiary/aromatic N) is 2. The minimum Gasteiger partial charge on any atom is -0.468 e. The lowest BCUT2D eigenvalue weighted by atomic mass is 9.96. The quantitative estimate of drug-likeness (QED) is 0.929. The molecule has 6 nitrogen and oxygen atoms in total. The van der Waals surface area contributed by atoms with Crippen LogP contribution in [-0.4, -0.2) is 34.8 Å². The Balaban J connectivity index is 1.42. The van der Waals surface area contributed by atoms with E-state index in [0.29, 0.717) is 30.4 Å². The number of aromatic nitrogens is 1. The van der Waals surface area contributed by atoms with Crippen LogP contribution in [0.1, 0.15) is 47.7 Å². The van der Waals surface area contributed by atoms with Gasteiger partial charge in [-0.15, -0.1) is 0 Å². The third-order valence-electron chi connectivity index (χ3n) is 4.87. The van der Waals surface area contributed by atoms with Crippen molar-refractivity contribution >= 4 is 17.6 Å². The Morgan fingerprint density at radius 2 is 2.08 bits per heavy atom. The maximum absolute atomic E-state index is 12.9. The number of likely N-dealkylation sites (tertiary alicyclic amines) is 1. The molecule has 3 heterocycles. The van der Waals surface area contributed by atoms with E-state index in [2.05, 4.69) is 10.3 Å². The molecule has 0 radical (unpaired) electrons.